The minimum absolute atomic E-state index is 0.585. The maximum absolute atomic E-state index is 5.59. The maximum atomic E-state index is 5.59. The van der Waals surface area contributed by atoms with Crippen LogP contribution < -0.4 is 0 Å². The molecule has 0 heterocycles. The minimum Gasteiger partial charge on any atom is -0.436 e. The van der Waals surface area contributed by atoms with Crippen molar-refractivity contribution in [2.24, 2.45) is 0 Å². The van der Waals surface area contributed by atoms with E-state index in [1.165, 1.54) is 0 Å². The highest BCUT2D eigenvalue weighted by Gasteiger charge is 2.21. The number of hydrogen-bond donors (Lipinski definition) is 1. The molecule has 0 spiro atoms. The van der Waals surface area contributed by atoms with Gasteiger partial charge in [-0.05, 0) is 31.3 Å². The van der Waals surface area contributed by atoms with Crippen molar-refractivity contribution >= 4 is 31.0 Å². The van der Waals surface area contributed by atoms with E-state index in [1.54, 1.807) is 7.11 Å². The van der Waals surface area contributed by atoms with Gasteiger partial charge < -0.3 is 8.54 Å². The molecule has 0 aliphatic carbocycles. The summed E-state index contributed by atoms with van der Waals surface area (Å²) < 4.78 is 10.8. The molecule has 0 aliphatic heterocycles. The van der Waals surface area contributed by atoms with Gasteiger partial charge in [0.25, 0.3) is 0 Å². The molecule has 0 aliphatic rings. The molecule has 11 heavy (non-hydrogen) atoms. The highest BCUT2D eigenvalue weighted by molar-refractivity contribution is 7.80. The van der Waals surface area contributed by atoms with E-state index in [2.05, 4.69) is 25.7 Å². The minimum atomic E-state index is -1.74. The third-order valence-corrected chi connectivity index (χ3v) is 5.65. The third-order valence-electron chi connectivity index (χ3n) is 1.25. The third kappa shape index (κ3) is 7.08. The first-order valence-corrected chi connectivity index (χ1v) is 8.25. The van der Waals surface area contributed by atoms with Gasteiger partial charge >= 0.3 is 8.56 Å². The van der Waals surface area contributed by atoms with Crippen LogP contribution in [0.4, 0.5) is 0 Å². The molecule has 66 valence electrons. The summed E-state index contributed by atoms with van der Waals surface area (Å²) in [6.07, 6.45) is 1.13. The monoisotopic (exact) mass is 208 g/mol. The van der Waals surface area contributed by atoms with Crippen LogP contribution in [-0.2, 0) is 8.54 Å². The predicted octanol–water partition coefficient (Wildman–Crippen LogP) is 1.71. The SMILES string of the molecule is CO[Si](C)(C)O[Si]CCCS. The normalized spacial score (nSPS) is 12.0. The second-order valence-corrected chi connectivity index (χ2v) is 7.94. The molecule has 0 bridgehead atoms. The van der Waals surface area contributed by atoms with Crippen LogP contribution in [0.1, 0.15) is 6.42 Å². The second-order valence-electron chi connectivity index (χ2n) is 2.68. The van der Waals surface area contributed by atoms with Crippen molar-refractivity contribution in [3.63, 3.8) is 0 Å². The van der Waals surface area contributed by atoms with E-state index in [1.807, 2.05) is 0 Å². The summed E-state index contributed by atoms with van der Waals surface area (Å²) in [6, 6.07) is 1.11. The summed E-state index contributed by atoms with van der Waals surface area (Å²) in [5.41, 5.74) is 0. The molecule has 0 saturated heterocycles. The van der Waals surface area contributed by atoms with Crippen molar-refractivity contribution in [2.45, 2.75) is 25.6 Å². The van der Waals surface area contributed by atoms with Crippen LogP contribution in [0.5, 0.6) is 0 Å². The van der Waals surface area contributed by atoms with Crippen LogP contribution in [-0.4, -0.2) is 31.2 Å². The Balaban J connectivity index is 3.23. The van der Waals surface area contributed by atoms with Gasteiger partial charge in [0.2, 0.25) is 9.76 Å². The summed E-state index contributed by atoms with van der Waals surface area (Å²) in [5.74, 6) is 0.950. The quantitative estimate of drug-likeness (QED) is 0.407. The van der Waals surface area contributed by atoms with E-state index < -0.39 is 8.56 Å². The van der Waals surface area contributed by atoms with Gasteiger partial charge in [0.05, 0.1) is 0 Å². The Labute approximate surface area is 78.3 Å². The molecule has 0 unspecified atom stereocenters. The average Bonchev–Trinajstić information content (AvgIpc) is 1.99. The van der Waals surface area contributed by atoms with E-state index in [0.29, 0.717) is 9.76 Å². The molecule has 0 aromatic heterocycles. The van der Waals surface area contributed by atoms with Crippen molar-refractivity contribution in [2.75, 3.05) is 12.9 Å². The largest absolute Gasteiger partial charge is 0.436 e. The van der Waals surface area contributed by atoms with E-state index >= 15 is 0 Å². The van der Waals surface area contributed by atoms with Crippen LogP contribution in [0.3, 0.4) is 0 Å². The lowest BCUT2D eigenvalue weighted by atomic mass is 10.6. The summed E-state index contributed by atoms with van der Waals surface area (Å²) in [7, 11) is 0.563. The Bertz CT molecular complexity index is 101. The van der Waals surface area contributed by atoms with Crippen molar-refractivity contribution in [3.8, 4) is 0 Å². The van der Waals surface area contributed by atoms with Gasteiger partial charge in [-0.15, -0.1) is 0 Å². The van der Waals surface area contributed by atoms with Crippen molar-refractivity contribution in [1.82, 2.24) is 0 Å². The molecule has 2 nitrogen and oxygen atoms in total. The van der Waals surface area contributed by atoms with E-state index in [4.69, 9.17) is 8.54 Å². The predicted molar refractivity (Wildman–Crippen MR) is 54.6 cm³/mol. The Morgan fingerprint density at radius 3 is 2.55 bits per heavy atom. The number of hydrogen-bond acceptors (Lipinski definition) is 3. The first kappa shape index (κ1) is 11.7. The van der Waals surface area contributed by atoms with Crippen molar-refractivity contribution < 1.29 is 8.54 Å². The summed E-state index contributed by atoms with van der Waals surface area (Å²) in [5, 5.41) is 0. The molecule has 2 radical (unpaired) electrons. The number of rotatable bonds is 6. The molecule has 0 amide bonds. The molecule has 0 aromatic rings. The fourth-order valence-electron chi connectivity index (χ4n) is 0.418. The zero-order valence-corrected chi connectivity index (χ0v) is 10.3. The second kappa shape index (κ2) is 6.25. The molecule has 0 atom stereocenters. The lowest BCUT2D eigenvalue weighted by molar-refractivity contribution is 0.320. The van der Waals surface area contributed by atoms with E-state index in [9.17, 15) is 0 Å². The first-order valence-electron chi connectivity index (χ1n) is 3.69. The standard InChI is InChI=1S/C6H16O2SSi2/c1-7-11(2,3)8-10-6-4-5-9/h9H,4-6H2,1-3H3. The van der Waals surface area contributed by atoms with Crippen LogP contribution in [0.25, 0.3) is 0 Å². The smallest absolute Gasteiger partial charge is 0.320 e. The molecule has 0 rings (SSSR count). The van der Waals surface area contributed by atoms with Gasteiger partial charge in [0, 0.05) is 7.11 Å². The molecular weight excluding hydrogens is 192 g/mol. The molecule has 5 heteroatoms. The van der Waals surface area contributed by atoms with Gasteiger partial charge in [-0.2, -0.15) is 12.6 Å². The zero-order valence-electron chi connectivity index (χ0n) is 7.39. The van der Waals surface area contributed by atoms with Crippen molar-refractivity contribution in [3.05, 3.63) is 0 Å². The van der Waals surface area contributed by atoms with Crippen LogP contribution in [0, 0.1) is 0 Å². The lowest BCUT2D eigenvalue weighted by Crippen LogP contribution is -2.34. The van der Waals surface area contributed by atoms with Crippen LogP contribution >= 0.6 is 12.6 Å². The first-order chi connectivity index (χ1) is 5.12. The number of thiol groups is 1. The van der Waals surface area contributed by atoms with E-state index in [-0.39, 0.29) is 0 Å². The van der Waals surface area contributed by atoms with Gasteiger partial charge in [-0.1, -0.05) is 0 Å². The Hall–Kier alpha value is 0.704. The van der Waals surface area contributed by atoms with E-state index in [0.717, 1.165) is 18.2 Å². The zero-order chi connectivity index (χ0) is 8.74. The van der Waals surface area contributed by atoms with Gasteiger partial charge in [-0.25, -0.2) is 0 Å². The summed E-state index contributed by atoms with van der Waals surface area (Å²) in [4.78, 5) is 0. The van der Waals surface area contributed by atoms with Gasteiger partial charge in [0.1, 0.15) is 0 Å². The fraction of sp³-hybridized carbons (Fsp3) is 1.00. The van der Waals surface area contributed by atoms with Crippen LogP contribution in [0.15, 0.2) is 0 Å². The Kier molecular flexibility index (Phi) is 6.64. The Morgan fingerprint density at radius 2 is 2.09 bits per heavy atom. The highest BCUT2D eigenvalue weighted by Crippen LogP contribution is 2.04. The van der Waals surface area contributed by atoms with Crippen LogP contribution in [0.2, 0.25) is 19.1 Å². The van der Waals surface area contributed by atoms with Crippen molar-refractivity contribution in [1.29, 1.82) is 0 Å². The summed E-state index contributed by atoms with van der Waals surface area (Å²) in [6.45, 7) is 4.11. The maximum Gasteiger partial charge on any atom is 0.320 e. The molecular formula is C6H16O2SSi2. The topological polar surface area (TPSA) is 18.5 Å². The summed E-state index contributed by atoms with van der Waals surface area (Å²) >= 11 is 4.12. The Morgan fingerprint density at radius 1 is 1.45 bits per heavy atom. The fourth-order valence-corrected chi connectivity index (χ4v) is 3.33. The average molecular weight is 208 g/mol. The molecule has 0 N–H and O–H groups in total. The molecule has 0 saturated carbocycles. The highest BCUT2D eigenvalue weighted by atomic mass is 32.1. The molecule has 0 aromatic carbocycles. The van der Waals surface area contributed by atoms with Gasteiger partial charge in [-0.3, -0.25) is 0 Å². The molecule has 0 fully saturated rings. The lowest BCUT2D eigenvalue weighted by Gasteiger charge is -2.19. The van der Waals surface area contributed by atoms with Gasteiger partial charge in [0.15, 0.2) is 0 Å².